The lowest BCUT2D eigenvalue weighted by Gasteiger charge is -2.30. The van der Waals surface area contributed by atoms with E-state index >= 15 is 0 Å². The van der Waals surface area contributed by atoms with E-state index in [-0.39, 0.29) is 11.8 Å². The van der Waals surface area contributed by atoms with E-state index < -0.39 is 0 Å². The number of aromatic nitrogens is 2. The predicted octanol–water partition coefficient (Wildman–Crippen LogP) is 4.69. The Bertz CT molecular complexity index is 941. The van der Waals surface area contributed by atoms with Crippen molar-refractivity contribution in [1.29, 1.82) is 0 Å². The van der Waals surface area contributed by atoms with Gasteiger partial charge in [0.25, 0.3) is 0 Å². The summed E-state index contributed by atoms with van der Waals surface area (Å²) in [6, 6.07) is 7.44. The molecule has 0 N–H and O–H groups in total. The Kier molecular flexibility index (Phi) is 4.78. The van der Waals surface area contributed by atoms with E-state index in [1.54, 1.807) is 36.5 Å². The third kappa shape index (κ3) is 3.15. The Morgan fingerprint density at radius 1 is 1.38 bits per heavy atom. The molecule has 2 aromatic heterocycles. The first kappa shape index (κ1) is 17.2. The van der Waals surface area contributed by atoms with E-state index in [9.17, 15) is 4.79 Å². The third-order valence-electron chi connectivity index (χ3n) is 4.68. The fraction of sp³-hybridized carbons (Fsp3) is 0.316. The fourth-order valence-electron chi connectivity index (χ4n) is 3.01. The minimum Gasteiger partial charge on any atom is -0.494 e. The summed E-state index contributed by atoms with van der Waals surface area (Å²) in [6.07, 6.45) is 6.50. The summed E-state index contributed by atoms with van der Waals surface area (Å²) >= 11 is 7.77. The van der Waals surface area contributed by atoms with Gasteiger partial charge in [0.05, 0.1) is 23.4 Å². The zero-order valence-corrected chi connectivity index (χ0v) is 15.9. The molecule has 0 atom stereocenters. The Balaban J connectivity index is 1.76. The highest BCUT2D eigenvalue weighted by Gasteiger charge is 2.32. The molecule has 2 heterocycles. The topological polar surface area (TPSA) is 55.3 Å². The highest BCUT2D eigenvalue weighted by molar-refractivity contribution is 7.23. The first-order valence-corrected chi connectivity index (χ1v) is 9.70. The standard InChI is InChI=1S/C19H18ClN3O2S/c1-25-15-8-7-14(20)17-16(15)22-19(26-17)23(18(24)13-5-2-6-13)11-12-4-3-9-21-10-12/h3-4,7-10,13H,2,5-6,11H2,1H3. The fourth-order valence-corrected chi connectivity index (χ4v) is 4.27. The maximum Gasteiger partial charge on any atom is 0.232 e. The van der Waals surface area contributed by atoms with Gasteiger partial charge >= 0.3 is 0 Å². The second-order valence-corrected chi connectivity index (χ2v) is 7.72. The van der Waals surface area contributed by atoms with Gasteiger partial charge in [0.1, 0.15) is 11.3 Å². The summed E-state index contributed by atoms with van der Waals surface area (Å²) in [5.41, 5.74) is 1.66. The molecule has 0 spiro atoms. The molecule has 7 heteroatoms. The van der Waals surface area contributed by atoms with Crippen LogP contribution < -0.4 is 9.64 Å². The van der Waals surface area contributed by atoms with Crippen LogP contribution in [0.1, 0.15) is 24.8 Å². The molecule has 26 heavy (non-hydrogen) atoms. The van der Waals surface area contributed by atoms with Crippen LogP contribution in [0.5, 0.6) is 5.75 Å². The molecule has 4 rings (SSSR count). The normalized spacial score (nSPS) is 14.2. The highest BCUT2D eigenvalue weighted by Crippen LogP contribution is 2.40. The van der Waals surface area contributed by atoms with Crippen molar-refractivity contribution < 1.29 is 9.53 Å². The lowest BCUT2D eigenvalue weighted by atomic mass is 9.84. The number of ether oxygens (including phenoxy) is 1. The maximum atomic E-state index is 13.1. The van der Waals surface area contributed by atoms with Crippen molar-refractivity contribution in [2.75, 3.05) is 12.0 Å². The Morgan fingerprint density at radius 2 is 2.23 bits per heavy atom. The van der Waals surface area contributed by atoms with Gasteiger partial charge in [-0.15, -0.1) is 0 Å². The van der Waals surface area contributed by atoms with Crippen LogP contribution in [0.4, 0.5) is 5.13 Å². The minimum atomic E-state index is 0.0797. The van der Waals surface area contributed by atoms with Gasteiger partial charge < -0.3 is 4.74 Å². The van der Waals surface area contributed by atoms with Crippen LogP contribution in [0.15, 0.2) is 36.7 Å². The van der Waals surface area contributed by atoms with E-state index in [2.05, 4.69) is 4.98 Å². The van der Waals surface area contributed by atoms with Crippen molar-refractivity contribution in [2.45, 2.75) is 25.8 Å². The molecule has 1 fully saturated rings. The van der Waals surface area contributed by atoms with E-state index in [4.69, 9.17) is 21.3 Å². The summed E-state index contributed by atoms with van der Waals surface area (Å²) < 4.78 is 6.24. The van der Waals surface area contributed by atoms with Crippen LogP contribution in [0.2, 0.25) is 5.02 Å². The van der Waals surface area contributed by atoms with E-state index in [1.165, 1.54) is 11.3 Å². The number of pyridine rings is 1. The lowest BCUT2D eigenvalue weighted by Crippen LogP contribution is -2.38. The highest BCUT2D eigenvalue weighted by atomic mass is 35.5. The Labute approximate surface area is 160 Å². The number of rotatable bonds is 5. The van der Waals surface area contributed by atoms with Gasteiger partial charge in [0.15, 0.2) is 5.13 Å². The average molecular weight is 388 g/mol. The summed E-state index contributed by atoms with van der Waals surface area (Å²) in [5.74, 6) is 0.856. The molecule has 0 saturated heterocycles. The van der Waals surface area contributed by atoms with Crippen molar-refractivity contribution in [3.8, 4) is 5.75 Å². The number of halogens is 1. The van der Waals surface area contributed by atoms with Gasteiger partial charge in [0.2, 0.25) is 5.91 Å². The Hall–Kier alpha value is -2.18. The van der Waals surface area contributed by atoms with Gasteiger partial charge in [-0.3, -0.25) is 14.7 Å². The van der Waals surface area contributed by atoms with Gasteiger partial charge in [-0.2, -0.15) is 0 Å². The van der Waals surface area contributed by atoms with Crippen LogP contribution >= 0.6 is 22.9 Å². The smallest absolute Gasteiger partial charge is 0.232 e. The number of fused-ring (bicyclic) bond motifs is 1. The molecule has 1 saturated carbocycles. The second-order valence-electron chi connectivity index (χ2n) is 6.34. The summed E-state index contributed by atoms with van der Waals surface area (Å²) in [6.45, 7) is 0.447. The molecule has 1 aromatic carbocycles. The van der Waals surface area contributed by atoms with E-state index in [1.807, 2.05) is 12.1 Å². The molecule has 5 nitrogen and oxygen atoms in total. The van der Waals surface area contributed by atoms with Crippen LogP contribution in [-0.2, 0) is 11.3 Å². The monoisotopic (exact) mass is 387 g/mol. The molecule has 134 valence electrons. The number of methoxy groups -OCH3 is 1. The van der Waals surface area contributed by atoms with Crippen molar-refractivity contribution in [3.63, 3.8) is 0 Å². The first-order chi connectivity index (χ1) is 12.7. The molecule has 3 aromatic rings. The number of carbonyl (C=O) groups excluding carboxylic acids is 1. The molecule has 0 bridgehead atoms. The number of hydrogen-bond acceptors (Lipinski definition) is 5. The van der Waals surface area contributed by atoms with E-state index in [0.717, 1.165) is 29.5 Å². The van der Waals surface area contributed by atoms with Gasteiger partial charge in [-0.25, -0.2) is 4.98 Å². The zero-order valence-electron chi connectivity index (χ0n) is 14.3. The molecule has 1 aliphatic carbocycles. The third-order valence-corrected chi connectivity index (χ3v) is 6.22. The van der Waals surface area contributed by atoms with Gasteiger partial charge in [-0.05, 0) is 36.6 Å². The average Bonchev–Trinajstić information content (AvgIpc) is 3.05. The molecule has 0 radical (unpaired) electrons. The molecule has 0 aliphatic heterocycles. The minimum absolute atomic E-state index is 0.0797. The Morgan fingerprint density at radius 3 is 2.88 bits per heavy atom. The maximum absolute atomic E-state index is 13.1. The van der Waals surface area contributed by atoms with Gasteiger partial charge in [0, 0.05) is 18.3 Å². The molecule has 0 unspecified atom stereocenters. The number of nitrogens with zero attached hydrogens (tertiary/aromatic N) is 3. The van der Waals surface area contributed by atoms with Crippen molar-refractivity contribution >= 4 is 44.2 Å². The van der Waals surface area contributed by atoms with Crippen LogP contribution in [0.25, 0.3) is 10.2 Å². The van der Waals surface area contributed by atoms with Crippen LogP contribution in [-0.4, -0.2) is 23.0 Å². The van der Waals surface area contributed by atoms with Gasteiger partial charge in [-0.1, -0.05) is 35.4 Å². The first-order valence-electron chi connectivity index (χ1n) is 8.50. The second kappa shape index (κ2) is 7.21. The predicted molar refractivity (Wildman–Crippen MR) is 104 cm³/mol. The summed E-state index contributed by atoms with van der Waals surface area (Å²) in [4.78, 5) is 23.7. The van der Waals surface area contributed by atoms with Crippen LogP contribution in [0.3, 0.4) is 0 Å². The number of benzene rings is 1. The quantitative estimate of drug-likeness (QED) is 0.637. The lowest BCUT2D eigenvalue weighted by molar-refractivity contribution is -0.124. The van der Waals surface area contributed by atoms with Crippen molar-refractivity contribution in [1.82, 2.24) is 9.97 Å². The summed E-state index contributed by atoms with van der Waals surface area (Å²) in [7, 11) is 1.61. The summed E-state index contributed by atoms with van der Waals surface area (Å²) in [5, 5.41) is 1.26. The number of amides is 1. The molecule has 1 amide bonds. The van der Waals surface area contributed by atoms with E-state index in [0.29, 0.717) is 28.0 Å². The molecule has 1 aliphatic rings. The SMILES string of the molecule is COc1ccc(Cl)c2sc(N(Cc3cccnc3)C(=O)C3CCC3)nc12. The zero-order chi connectivity index (χ0) is 18.1. The molecular formula is C19H18ClN3O2S. The van der Waals surface area contributed by atoms with Crippen molar-refractivity contribution in [2.24, 2.45) is 5.92 Å². The number of thiazole rings is 1. The molecular weight excluding hydrogens is 370 g/mol. The number of carbonyl (C=O) groups is 1. The van der Waals surface area contributed by atoms with Crippen LogP contribution in [0, 0.1) is 5.92 Å². The largest absolute Gasteiger partial charge is 0.494 e. The number of anilines is 1. The number of hydrogen-bond donors (Lipinski definition) is 0. The van der Waals surface area contributed by atoms with Crippen molar-refractivity contribution in [3.05, 3.63) is 47.2 Å².